The van der Waals surface area contributed by atoms with Crippen LogP contribution < -0.4 is 5.32 Å². The molecule has 86 valence electrons. The van der Waals surface area contributed by atoms with Crippen LogP contribution in [-0.4, -0.2) is 6.04 Å². The van der Waals surface area contributed by atoms with E-state index in [1.807, 2.05) is 0 Å². The van der Waals surface area contributed by atoms with Gasteiger partial charge in [-0.15, -0.1) is 6.58 Å². The van der Waals surface area contributed by atoms with Crippen molar-refractivity contribution in [3.63, 3.8) is 0 Å². The minimum Gasteiger partial charge on any atom is -0.309 e. The van der Waals surface area contributed by atoms with Crippen molar-refractivity contribution in [3.8, 4) is 0 Å². The summed E-state index contributed by atoms with van der Waals surface area (Å²) in [6, 6.07) is 11.3. The first-order valence-electron chi connectivity index (χ1n) is 6.30. The summed E-state index contributed by atoms with van der Waals surface area (Å²) in [5.41, 5.74) is 1.37. The largest absolute Gasteiger partial charge is 0.309 e. The fraction of sp³-hybridized carbons (Fsp3) is 0.467. The smallest absolute Gasteiger partial charge is 0.0208 e. The molecule has 2 unspecified atom stereocenters. The molecule has 0 aromatic heterocycles. The highest BCUT2D eigenvalue weighted by Crippen LogP contribution is 2.25. The molecule has 1 saturated carbocycles. The molecular formula is C15H21N. The van der Waals surface area contributed by atoms with Crippen LogP contribution in [0.25, 0.3) is 0 Å². The van der Waals surface area contributed by atoms with E-state index in [4.69, 9.17) is 0 Å². The Kier molecular flexibility index (Phi) is 4.17. The molecule has 1 aliphatic carbocycles. The Morgan fingerprint density at radius 2 is 1.94 bits per heavy atom. The zero-order chi connectivity index (χ0) is 11.2. The second kappa shape index (κ2) is 5.86. The molecule has 1 heteroatoms. The van der Waals surface area contributed by atoms with E-state index in [9.17, 15) is 0 Å². The van der Waals surface area contributed by atoms with Crippen LogP contribution >= 0.6 is 0 Å². The maximum absolute atomic E-state index is 3.95. The normalized spacial score (nSPS) is 25.2. The molecule has 1 aromatic rings. The van der Waals surface area contributed by atoms with Crippen LogP contribution in [0.1, 0.15) is 31.2 Å². The summed E-state index contributed by atoms with van der Waals surface area (Å²) in [5, 5.41) is 3.67. The van der Waals surface area contributed by atoms with Crippen LogP contribution in [-0.2, 0) is 6.54 Å². The highest BCUT2D eigenvalue weighted by Gasteiger charge is 2.21. The van der Waals surface area contributed by atoms with E-state index < -0.39 is 0 Å². The molecule has 16 heavy (non-hydrogen) atoms. The van der Waals surface area contributed by atoms with Gasteiger partial charge < -0.3 is 5.32 Å². The monoisotopic (exact) mass is 215 g/mol. The minimum atomic E-state index is 0.631. The first-order chi connectivity index (χ1) is 7.90. The van der Waals surface area contributed by atoms with Crippen LogP contribution in [0, 0.1) is 5.92 Å². The maximum atomic E-state index is 3.95. The fourth-order valence-corrected chi connectivity index (χ4v) is 2.54. The fourth-order valence-electron chi connectivity index (χ4n) is 2.54. The van der Waals surface area contributed by atoms with Gasteiger partial charge in [-0.1, -0.05) is 49.2 Å². The molecule has 2 rings (SSSR count). The lowest BCUT2D eigenvalue weighted by molar-refractivity contribution is 0.305. The van der Waals surface area contributed by atoms with Gasteiger partial charge in [0.15, 0.2) is 0 Å². The van der Waals surface area contributed by atoms with Crippen molar-refractivity contribution >= 4 is 0 Å². The molecule has 1 aliphatic rings. The molecule has 0 radical (unpaired) electrons. The first kappa shape index (κ1) is 11.4. The summed E-state index contributed by atoms with van der Waals surface area (Å²) in [5.74, 6) is 0.664. The van der Waals surface area contributed by atoms with Gasteiger partial charge in [0.1, 0.15) is 0 Å². The second-order valence-electron chi connectivity index (χ2n) is 4.66. The second-order valence-corrected chi connectivity index (χ2v) is 4.66. The van der Waals surface area contributed by atoms with E-state index in [0.29, 0.717) is 12.0 Å². The number of rotatable bonds is 4. The van der Waals surface area contributed by atoms with E-state index >= 15 is 0 Å². The van der Waals surface area contributed by atoms with Crippen LogP contribution in [0.4, 0.5) is 0 Å². The minimum absolute atomic E-state index is 0.631. The molecule has 2 atom stereocenters. The SMILES string of the molecule is C=CC1CCCCC1NCc1ccccc1. The lowest BCUT2D eigenvalue weighted by atomic mass is 9.84. The van der Waals surface area contributed by atoms with Gasteiger partial charge in [0.2, 0.25) is 0 Å². The Labute approximate surface area is 98.6 Å². The molecule has 0 spiro atoms. The van der Waals surface area contributed by atoms with Gasteiger partial charge in [-0.25, -0.2) is 0 Å². The topological polar surface area (TPSA) is 12.0 Å². The average molecular weight is 215 g/mol. The van der Waals surface area contributed by atoms with Gasteiger partial charge in [-0.05, 0) is 24.3 Å². The van der Waals surface area contributed by atoms with E-state index in [-0.39, 0.29) is 0 Å². The molecule has 1 aromatic carbocycles. The lowest BCUT2D eigenvalue weighted by Gasteiger charge is -2.30. The zero-order valence-electron chi connectivity index (χ0n) is 9.86. The number of hydrogen-bond donors (Lipinski definition) is 1. The zero-order valence-corrected chi connectivity index (χ0v) is 9.86. The van der Waals surface area contributed by atoms with Gasteiger partial charge in [0.05, 0.1) is 0 Å². The van der Waals surface area contributed by atoms with Crippen LogP contribution in [0.3, 0.4) is 0 Å². The molecule has 0 amide bonds. The van der Waals surface area contributed by atoms with Crippen LogP contribution in [0.15, 0.2) is 43.0 Å². The summed E-state index contributed by atoms with van der Waals surface area (Å²) in [7, 11) is 0. The van der Waals surface area contributed by atoms with E-state index in [2.05, 4.69) is 48.3 Å². The predicted octanol–water partition coefficient (Wildman–Crippen LogP) is 3.52. The quantitative estimate of drug-likeness (QED) is 0.758. The Morgan fingerprint density at radius 1 is 1.19 bits per heavy atom. The lowest BCUT2D eigenvalue weighted by Crippen LogP contribution is -2.37. The van der Waals surface area contributed by atoms with E-state index in [1.165, 1.54) is 31.2 Å². The molecule has 0 saturated heterocycles. The highest BCUT2D eigenvalue weighted by atomic mass is 14.9. The number of nitrogens with one attached hydrogen (secondary N) is 1. The van der Waals surface area contributed by atoms with Crippen LogP contribution in [0.5, 0.6) is 0 Å². The highest BCUT2D eigenvalue weighted by molar-refractivity contribution is 5.14. The van der Waals surface area contributed by atoms with Gasteiger partial charge in [0.25, 0.3) is 0 Å². The van der Waals surface area contributed by atoms with E-state index in [1.54, 1.807) is 0 Å². The van der Waals surface area contributed by atoms with Gasteiger partial charge in [0, 0.05) is 12.6 Å². The Balaban J connectivity index is 1.86. The number of benzene rings is 1. The maximum Gasteiger partial charge on any atom is 0.0208 e. The standard InChI is InChI=1S/C15H21N/c1-2-14-10-6-7-11-15(14)16-12-13-8-4-3-5-9-13/h2-5,8-9,14-16H,1,6-7,10-12H2. The van der Waals surface area contributed by atoms with Crippen molar-refractivity contribution in [2.75, 3.05) is 0 Å². The first-order valence-corrected chi connectivity index (χ1v) is 6.30. The van der Waals surface area contributed by atoms with Crippen molar-refractivity contribution in [3.05, 3.63) is 48.6 Å². The molecule has 0 heterocycles. The molecule has 1 nitrogen and oxygen atoms in total. The van der Waals surface area contributed by atoms with Crippen molar-refractivity contribution in [2.24, 2.45) is 5.92 Å². The third-order valence-electron chi connectivity index (χ3n) is 3.53. The van der Waals surface area contributed by atoms with Crippen molar-refractivity contribution < 1.29 is 0 Å². The van der Waals surface area contributed by atoms with Crippen molar-refractivity contribution in [1.82, 2.24) is 5.32 Å². The third-order valence-corrected chi connectivity index (χ3v) is 3.53. The van der Waals surface area contributed by atoms with Crippen molar-refractivity contribution in [2.45, 2.75) is 38.3 Å². The summed E-state index contributed by atoms with van der Waals surface area (Å²) in [6.07, 6.45) is 7.44. The van der Waals surface area contributed by atoms with Crippen LogP contribution in [0.2, 0.25) is 0 Å². The Hall–Kier alpha value is -1.08. The third kappa shape index (κ3) is 2.96. The predicted molar refractivity (Wildman–Crippen MR) is 69.2 cm³/mol. The van der Waals surface area contributed by atoms with E-state index in [0.717, 1.165) is 6.54 Å². The Bertz CT molecular complexity index is 317. The summed E-state index contributed by atoms with van der Waals surface area (Å²) in [4.78, 5) is 0. The van der Waals surface area contributed by atoms with Gasteiger partial charge in [-0.2, -0.15) is 0 Å². The summed E-state index contributed by atoms with van der Waals surface area (Å²) >= 11 is 0. The van der Waals surface area contributed by atoms with Gasteiger partial charge >= 0.3 is 0 Å². The Morgan fingerprint density at radius 3 is 2.69 bits per heavy atom. The molecule has 0 aliphatic heterocycles. The molecular weight excluding hydrogens is 194 g/mol. The number of hydrogen-bond acceptors (Lipinski definition) is 1. The summed E-state index contributed by atoms with van der Waals surface area (Å²) in [6.45, 7) is 4.93. The van der Waals surface area contributed by atoms with Gasteiger partial charge in [-0.3, -0.25) is 0 Å². The average Bonchev–Trinajstić information content (AvgIpc) is 2.38. The summed E-state index contributed by atoms with van der Waals surface area (Å²) < 4.78 is 0. The molecule has 0 bridgehead atoms. The molecule has 1 fully saturated rings. The van der Waals surface area contributed by atoms with Crippen molar-refractivity contribution in [1.29, 1.82) is 0 Å². The molecule has 1 N–H and O–H groups in total.